The van der Waals surface area contributed by atoms with Gasteiger partial charge in [-0.25, -0.2) is 0 Å². The number of halogens is 2. The van der Waals surface area contributed by atoms with Gasteiger partial charge in [-0.1, -0.05) is 11.8 Å². The Morgan fingerprint density at radius 2 is 1.78 bits per heavy atom. The second-order valence-electron chi connectivity index (χ2n) is 5.14. The molecule has 1 aliphatic heterocycles. The highest BCUT2D eigenvalue weighted by molar-refractivity contribution is 7.99. The Kier molecular flexibility index (Phi) is 6.35. The molecule has 2 amide bonds. The summed E-state index contributed by atoms with van der Waals surface area (Å²) in [7, 11) is 1.60. The van der Waals surface area contributed by atoms with E-state index in [2.05, 4.69) is 5.32 Å². The van der Waals surface area contributed by atoms with E-state index in [4.69, 9.17) is 0 Å². The van der Waals surface area contributed by atoms with Crippen LogP contribution < -0.4 is 5.32 Å². The van der Waals surface area contributed by atoms with E-state index < -0.39 is 5.76 Å². The summed E-state index contributed by atoms with van der Waals surface area (Å²) in [5, 5.41) is 2.57. The Labute approximate surface area is 138 Å². The summed E-state index contributed by atoms with van der Waals surface area (Å²) in [6.07, 6.45) is 0. The Hall–Kier alpha value is -1.67. The Balaban J connectivity index is 1.88. The lowest BCUT2D eigenvalue weighted by molar-refractivity contribution is -0.122. The highest BCUT2D eigenvalue weighted by atomic mass is 32.2. The van der Waals surface area contributed by atoms with Gasteiger partial charge in [0.1, 0.15) is 0 Å². The maximum atomic E-state index is 12.4. The van der Waals surface area contributed by atoms with E-state index in [0.29, 0.717) is 54.9 Å². The number of hydrogen-bond donors (Lipinski definition) is 1. The average Bonchev–Trinajstić information content (AvgIpc) is 2.55. The first-order valence-electron chi connectivity index (χ1n) is 7.26. The molecule has 0 bridgehead atoms. The molecule has 23 heavy (non-hydrogen) atoms. The molecule has 1 aromatic rings. The molecule has 1 N–H and O–H groups in total. The molecule has 0 spiro atoms. The minimum atomic E-state index is -2.47. The summed E-state index contributed by atoms with van der Waals surface area (Å²) in [5.41, 5.74) is 0.489. The second kappa shape index (κ2) is 8.26. The molecule has 1 aromatic carbocycles. The fourth-order valence-corrected chi connectivity index (χ4v) is 2.85. The fraction of sp³-hybridized carbons (Fsp3) is 0.467. The van der Waals surface area contributed by atoms with Gasteiger partial charge in [0.15, 0.2) is 0 Å². The number of rotatable bonds is 5. The lowest BCUT2D eigenvalue weighted by atomic mass is 10.2. The highest BCUT2D eigenvalue weighted by Gasteiger charge is 2.23. The zero-order chi connectivity index (χ0) is 16.8. The summed E-state index contributed by atoms with van der Waals surface area (Å²) in [5.74, 6) is -2.62. The molecule has 5 nitrogen and oxygen atoms in total. The molecule has 1 heterocycles. The van der Waals surface area contributed by atoms with E-state index in [1.165, 1.54) is 12.1 Å². The Bertz CT molecular complexity index is 546. The predicted molar refractivity (Wildman–Crippen MR) is 84.7 cm³/mol. The third kappa shape index (κ3) is 5.18. The quantitative estimate of drug-likeness (QED) is 0.824. The van der Waals surface area contributed by atoms with Crippen molar-refractivity contribution in [2.24, 2.45) is 0 Å². The molecular weight excluding hydrogens is 324 g/mol. The van der Waals surface area contributed by atoms with Gasteiger partial charge in [-0.3, -0.25) is 14.5 Å². The van der Waals surface area contributed by atoms with E-state index in [9.17, 15) is 18.4 Å². The molecule has 0 atom stereocenters. The molecule has 0 aromatic heterocycles. The number of carbonyl (C=O) groups excluding carboxylic acids is 2. The zero-order valence-electron chi connectivity index (χ0n) is 12.8. The van der Waals surface area contributed by atoms with Gasteiger partial charge in [-0.05, 0) is 24.3 Å². The largest absolute Gasteiger partial charge is 0.358 e. The molecule has 1 aliphatic rings. The molecule has 2 rings (SSSR count). The molecule has 126 valence electrons. The van der Waals surface area contributed by atoms with Crippen molar-refractivity contribution in [3.63, 3.8) is 0 Å². The van der Waals surface area contributed by atoms with Crippen molar-refractivity contribution >= 4 is 23.6 Å². The van der Waals surface area contributed by atoms with Gasteiger partial charge in [0.05, 0.1) is 6.54 Å². The molecule has 0 radical (unpaired) electrons. The third-order valence-electron chi connectivity index (χ3n) is 3.63. The molecule has 1 fully saturated rings. The standard InChI is InChI=1S/C15H19F2N3O2S/c1-18-13(21)10-19-6-8-20(9-7-19)14(22)11-2-4-12(5-3-11)23-15(16)17/h2-5,15H,6-10H2,1H3,(H,18,21). The third-order valence-corrected chi connectivity index (χ3v) is 4.35. The zero-order valence-corrected chi connectivity index (χ0v) is 13.6. The minimum Gasteiger partial charge on any atom is -0.358 e. The van der Waals surface area contributed by atoms with Gasteiger partial charge in [0.25, 0.3) is 11.7 Å². The van der Waals surface area contributed by atoms with Crippen molar-refractivity contribution in [3.8, 4) is 0 Å². The van der Waals surface area contributed by atoms with E-state index >= 15 is 0 Å². The van der Waals surface area contributed by atoms with Crippen LogP contribution in [0.2, 0.25) is 0 Å². The Morgan fingerprint density at radius 3 is 2.30 bits per heavy atom. The van der Waals surface area contributed by atoms with Crippen LogP contribution in [-0.4, -0.2) is 67.1 Å². The number of likely N-dealkylation sites (N-methyl/N-ethyl adjacent to an activating group) is 1. The lowest BCUT2D eigenvalue weighted by Gasteiger charge is -2.34. The van der Waals surface area contributed by atoms with Crippen LogP contribution in [0.3, 0.4) is 0 Å². The minimum absolute atomic E-state index is 0.0445. The Morgan fingerprint density at radius 1 is 1.17 bits per heavy atom. The summed E-state index contributed by atoms with van der Waals surface area (Å²) in [6.45, 7) is 2.70. The van der Waals surface area contributed by atoms with Crippen molar-refractivity contribution in [1.82, 2.24) is 15.1 Å². The van der Waals surface area contributed by atoms with Gasteiger partial charge in [-0.15, -0.1) is 0 Å². The fourth-order valence-electron chi connectivity index (χ4n) is 2.35. The highest BCUT2D eigenvalue weighted by Crippen LogP contribution is 2.25. The topological polar surface area (TPSA) is 52.7 Å². The smallest absolute Gasteiger partial charge is 0.288 e. The molecule has 1 saturated heterocycles. The van der Waals surface area contributed by atoms with E-state index in [-0.39, 0.29) is 11.8 Å². The number of piperazine rings is 1. The van der Waals surface area contributed by atoms with Crippen LogP contribution in [0.1, 0.15) is 10.4 Å². The summed E-state index contributed by atoms with van der Waals surface area (Å²) >= 11 is 0.460. The first-order chi connectivity index (χ1) is 11.0. The summed E-state index contributed by atoms with van der Waals surface area (Å²) in [6, 6.07) is 6.21. The summed E-state index contributed by atoms with van der Waals surface area (Å²) in [4.78, 5) is 27.9. The van der Waals surface area contributed by atoms with Crippen LogP contribution in [0.4, 0.5) is 8.78 Å². The van der Waals surface area contributed by atoms with Gasteiger partial charge in [0.2, 0.25) is 5.91 Å². The van der Waals surface area contributed by atoms with Gasteiger partial charge >= 0.3 is 0 Å². The molecule has 0 unspecified atom stereocenters. The van der Waals surface area contributed by atoms with Crippen LogP contribution in [0.5, 0.6) is 0 Å². The van der Waals surface area contributed by atoms with Gasteiger partial charge in [-0.2, -0.15) is 8.78 Å². The van der Waals surface area contributed by atoms with E-state index in [0.717, 1.165) is 0 Å². The molecule has 8 heteroatoms. The maximum absolute atomic E-state index is 12.4. The predicted octanol–water partition coefficient (Wildman–Crippen LogP) is 1.51. The first kappa shape index (κ1) is 17.7. The summed E-state index contributed by atoms with van der Waals surface area (Å²) < 4.78 is 24.6. The van der Waals surface area contributed by atoms with E-state index in [1.54, 1.807) is 24.1 Å². The van der Waals surface area contributed by atoms with Gasteiger partial charge in [0, 0.05) is 43.7 Å². The number of carbonyl (C=O) groups is 2. The number of alkyl halides is 2. The first-order valence-corrected chi connectivity index (χ1v) is 8.14. The van der Waals surface area contributed by atoms with Crippen LogP contribution in [0, 0.1) is 0 Å². The second-order valence-corrected chi connectivity index (χ2v) is 6.21. The van der Waals surface area contributed by atoms with Gasteiger partial charge < -0.3 is 10.2 Å². The number of thioether (sulfide) groups is 1. The molecule has 0 saturated carbocycles. The van der Waals surface area contributed by atoms with E-state index in [1.807, 2.05) is 4.90 Å². The van der Waals surface area contributed by atoms with Crippen LogP contribution >= 0.6 is 11.8 Å². The van der Waals surface area contributed by atoms with Crippen molar-refractivity contribution in [3.05, 3.63) is 29.8 Å². The monoisotopic (exact) mass is 343 g/mol. The number of nitrogens with zero attached hydrogens (tertiary/aromatic N) is 2. The lowest BCUT2D eigenvalue weighted by Crippen LogP contribution is -2.50. The SMILES string of the molecule is CNC(=O)CN1CCN(C(=O)c2ccc(SC(F)F)cc2)CC1. The molecule has 0 aliphatic carbocycles. The average molecular weight is 343 g/mol. The van der Waals surface area contributed by atoms with Crippen LogP contribution in [0.25, 0.3) is 0 Å². The number of nitrogens with one attached hydrogen (secondary N) is 1. The van der Waals surface area contributed by atoms with Crippen molar-refractivity contribution in [2.45, 2.75) is 10.7 Å². The van der Waals surface area contributed by atoms with Crippen molar-refractivity contribution < 1.29 is 18.4 Å². The maximum Gasteiger partial charge on any atom is 0.288 e. The van der Waals surface area contributed by atoms with Crippen LogP contribution in [-0.2, 0) is 4.79 Å². The molecular formula is C15H19F2N3O2S. The normalized spacial score (nSPS) is 15.7. The number of hydrogen-bond acceptors (Lipinski definition) is 4. The van der Waals surface area contributed by atoms with Crippen LogP contribution in [0.15, 0.2) is 29.2 Å². The number of benzene rings is 1. The van der Waals surface area contributed by atoms with Crippen molar-refractivity contribution in [2.75, 3.05) is 39.8 Å². The number of amides is 2. The van der Waals surface area contributed by atoms with Crippen molar-refractivity contribution in [1.29, 1.82) is 0 Å².